The number of nitrogens with zero attached hydrogens (tertiary/aromatic N) is 3. The number of rotatable bonds is 5. The van der Waals surface area contributed by atoms with Crippen LogP contribution in [-0.2, 0) is 14.3 Å². The van der Waals surface area contributed by atoms with Crippen LogP contribution in [0.15, 0.2) is 30.3 Å². The lowest BCUT2D eigenvalue weighted by atomic mass is 9.83. The fourth-order valence-electron chi connectivity index (χ4n) is 4.46. The van der Waals surface area contributed by atoms with Gasteiger partial charge in [0, 0.05) is 52.9 Å². The maximum absolute atomic E-state index is 13.3. The first-order valence-electron chi connectivity index (χ1n) is 10.0. The average molecular weight is 387 g/mol. The summed E-state index contributed by atoms with van der Waals surface area (Å²) in [5.74, 6) is -0.292. The van der Waals surface area contributed by atoms with Crippen molar-refractivity contribution >= 4 is 17.5 Å². The number of fused-ring (bicyclic) bond motifs is 1. The van der Waals surface area contributed by atoms with E-state index in [1.807, 2.05) is 35.2 Å². The van der Waals surface area contributed by atoms with Crippen LogP contribution in [-0.4, -0.2) is 87.2 Å². The summed E-state index contributed by atoms with van der Waals surface area (Å²) in [4.78, 5) is 30.6. The first-order valence-corrected chi connectivity index (χ1v) is 10.0. The molecule has 3 fully saturated rings. The Morgan fingerprint density at radius 3 is 2.64 bits per heavy atom. The van der Waals surface area contributed by atoms with Crippen LogP contribution in [0.2, 0.25) is 0 Å². The number of anilines is 1. The zero-order chi connectivity index (χ0) is 19.5. The largest absolute Gasteiger partial charge is 0.383 e. The molecule has 2 amide bonds. The highest BCUT2D eigenvalue weighted by molar-refractivity contribution is 5.98. The van der Waals surface area contributed by atoms with Gasteiger partial charge in [0.05, 0.1) is 30.2 Å². The van der Waals surface area contributed by atoms with Crippen LogP contribution in [0.4, 0.5) is 5.69 Å². The molecule has 0 saturated carbocycles. The summed E-state index contributed by atoms with van der Waals surface area (Å²) in [5.41, 5.74) is 4.19. The maximum Gasteiger partial charge on any atom is 0.247 e. The SMILES string of the molecule is COCCN1CC(C(=O)N2CCNCC2)C2NN(c3ccccc3)C(=O)C2C1. The monoisotopic (exact) mass is 387 g/mol. The predicted molar refractivity (Wildman–Crippen MR) is 106 cm³/mol. The highest BCUT2D eigenvalue weighted by Gasteiger charge is 2.51. The maximum atomic E-state index is 13.3. The van der Waals surface area contributed by atoms with Gasteiger partial charge in [-0.2, -0.15) is 0 Å². The van der Waals surface area contributed by atoms with Gasteiger partial charge in [-0.3, -0.25) is 14.5 Å². The van der Waals surface area contributed by atoms with Gasteiger partial charge < -0.3 is 15.0 Å². The molecule has 8 heteroatoms. The number of likely N-dealkylation sites (tertiary alicyclic amines) is 1. The van der Waals surface area contributed by atoms with Crippen LogP contribution in [0.5, 0.6) is 0 Å². The van der Waals surface area contributed by atoms with Gasteiger partial charge in [0.25, 0.3) is 0 Å². The fraction of sp³-hybridized carbons (Fsp3) is 0.600. The number of nitrogens with one attached hydrogen (secondary N) is 2. The summed E-state index contributed by atoms with van der Waals surface area (Å²) in [7, 11) is 1.68. The lowest BCUT2D eigenvalue weighted by Gasteiger charge is -2.41. The number of ether oxygens (including phenoxy) is 1. The van der Waals surface area contributed by atoms with E-state index in [2.05, 4.69) is 15.6 Å². The number of benzene rings is 1. The lowest BCUT2D eigenvalue weighted by molar-refractivity contribution is -0.140. The van der Waals surface area contributed by atoms with Crippen LogP contribution in [0, 0.1) is 11.8 Å². The molecule has 1 aromatic rings. The smallest absolute Gasteiger partial charge is 0.247 e. The third kappa shape index (κ3) is 3.77. The van der Waals surface area contributed by atoms with Gasteiger partial charge in [-0.25, -0.2) is 10.4 Å². The van der Waals surface area contributed by atoms with Crippen LogP contribution < -0.4 is 15.8 Å². The third-order valence-corrected chi connectivity index (χ3v) is 5.96. The second kappa shape index (κ2) is 8.57. The van der Waals surface area contributed by atoms with Gasteiger partial charge in [-0.05, 0) is 12.1 Å². The summed E-state index contributed by atoms with van der Waals surface area (Å²) in [6, 6.07) is 9.42. The Balaban J connectivity index is 1.57. The number of piperidine rings is 1. The van der Waals surface area contributed by atoms with Crippen molar-refractivity contribution in [1.82, 2.24) is 20.5 Å². The molecule has 0 aromatic heterocycles. The minimum Gasteiger partial charge on any atom is -0.383 e. The van der Waals surface area contributed by atoms with Crippen LogP contribution in [0.25, 0.3) is 0 Å². The molecule has 1 aromatic carbocycles. The molecule has 3 aliphatic heterocycles. The molecule has 3 saturated heterocycles. The number of hydrogen-bond donors (Lipinski definition) is 2. The van der Waals surface area contributed by atoms with Gasteiger partial charge in [0.2, 0.25) is 11.8 Å². The second-order valence-electron chi connectivity index (χ2n) is 7.70. The molecule has 3 heterocycles. The number of hydrazine groups is 1. The predicted octanol–water partition coefficient (Wildman–Crippen LogP) is -0.467. The summed E-state index contributed by atoms with van der Waals surface area (Å²) < 4.78 is 5.23. The van der Waals surface area contributed by atoms with Gasteiger partial charge in [0.15, 0.2) is 0 Å². The van der Waals surface area contributed by atoms with E-state index >= 15 is 0 Å². The Labute approximate surface area is 165 Å². The number of carbonyl (C=O) groups is 2. The minimum absolute atomic E-state index is 0.0384. The van der Waals surface area contributed by atoms with Gasteiger partial charge >= 0.3 is 0 Å². The third-order valence-electron chi connectivity index (χ3n) is 5.96. The number of para-hydroxylation sites is 1. The van der Waals surface area contributed by atoms with E-state index in [0.717, 1.165) is 38.4 Å². The van der Waals surface area contributed by atoms with E-state index in [4.69, 9.17) is 4.74 Å². The molecule has 3 unspecified atom stereocenters. The first-order chi connectivity index (χ1) is 13.7. The van der Waals surface area contributed by atoms with Crippen LogP contribution in [0.3, 0.4) is 0 Å². The van der Waals surface area contributed by atoms with Crippen LogP contribution in [0.1, 0.15) is 0 Å². The van der Waals surface area contributed by atoms with Crippen LogP contribution >= 0.6 is 0 Å². The van der Waals surface area contributed by atoms with E-state index in [9.17, 15) is 9.59 Å². The van der Waals surface area contributed by atoms with Crippen molar-refractivity contribution in [2.45, 2.75) is 6.04 Å². The highest BCUT2D eigenvalue weighted by atomic mass is 16.5. The molecular formula is C20H29N5O3. The van der Waals surface area contributed by atoms with Crippen molar-refractivity contribution in [3.63, 3.8) is 0 Å². The van der Waals surface area contributed by atoms with Crippen molar-refractivity contribution in [3.8, 4) is 0 Å². The molecule has 28 heavy (non-hydrogen) atoms. The molecule has 0 aliphatic carbocycles. The number of amides is 2. The normalized spacial score (nSPS) is 28.5. The topological polar surface area (TPSA) is 77.2 Å². The van der Waals surface area contributed by atoms with Crippen molar-refractivity contribution < 1.29 is 14.3 Å². The molecule has 3 atom stereocenters. The molecule has 152 valence electrons. The Kier molecular flexibility index (Phi) is 5.91. The standard InChI is InChI=1S/C20H29N5O3/c1-28-12-11-23-13-16(19(26)24-9-7-21-8-10-24)18-17(14-23)20(27)25(22-18)15-5-3-2-4-6-15/h2-6,16-18,21-22H,7-14H2,1H3. The first kappa shape index (κ1) is 19.3. The zero-order valence-corrected chi connectivity index (χ0v) is 16.3. The van der Waals surface area contributed by atoms with Crippen molar-refractivity contribution in [1.29, 1.82) is 0 Å². The van der Waals surface area contributed by atoms with E-state index in [0.29, 0.717) is 19.7 Å². The summed E-state index contributed by atoms with van der Waals surface area (Å²) >= 11 is 0. The molecule has 3 aliphatic rings. The summed E-state index contributed by atoms with van der Waals surface area (Å²) in [6.07, 6.45) is 0. The molecule has 0 bridgehead atoms. The van der Waals surface area contributed by atoms with Gasteiger partial charge in [0.1, 0.15) is 0 Å². The number of hydrogen-bond acceptors (Lipinski definition) is 6. The lowest BCUT2D eigenvalue weighted by Crippen LogP contribution is -2.59. The van der Waals surface area contributed by atoms with Gasteiger partial charge in [-0.1, -0.05) is 18.2 Å². The Hall–Kier alpha value is -2.00. The second-order valence-corrected chi connectivity index (χ2v) is 7.70. The molecule has 8 nitrogen and oxygen atoms in total. The number of carbonyl (C=O) groups excluding carboxylic acids is 2. The minimum atomic E-state index is -0.244. The Bertz CT molecular complexity index is 694. The average Bonchev–Trinajstić information content (AvgIpc) is 3.09. The molecule has 4 rings (SSSR count). The Morgan fingerprint density at radius 2 is 1.93 bits per heavy atom. The summed E-state index contributed by atoms with van der Waals surface area (Å²) in [5, 5.41) is 4.92. The fourth-order valence-corrected chi connectivity index (χ4v) is 4.46. The van der Waals surface area contributed by atoms with Crippen molar-refractivity contribution in [2.75, 3.05) is 64.5 Å². The number of methoxy groups -OCH3 is 1. The molecule has 2 N–H and O–H groups in total. The van der Waals surface area contributed by atoms with E-state index in [1.165, 1.54) is 0 Å². The van der Waals surface area contributed by atoms with E-state index in [1.54, 1.807) is 12.1 Å². The van der Waals surface area contributed by atoms with E-state index < -0.39 is 0 Å². The molecular weight excluding hydrogens is 358 g/mol. The van der Waals surface area contributed by atoms with Crippen molar-refractivity contribution in [3.05, 3.63) is 30.3 Å². The van der Waals surface area contributed by atoms with Gasteiger partial charge in [-0.15, -0.1) is 0 Å². The van der Waals surface area contributed by atoms with E-state index in [-0.39, 0.29) is 29.7 Å². The molecule has 0 spiro atoms. The quantitative estimate of drug-likeness (QED) is 0.712. The molecule has 0 radical (unpaired) electrons. The Morgan fingerprint density at radius 1 is 1.18 bits per heavy atom. The summed E-state index contributed by atoms with van der Waals surface area (Å²) in [6.45, 7) is 5.71. The zero-order valence-electron chi connectivity index (χ0n) is 16.3. The number of piperazine rings is 1. The highest BCUT2D eigenvalue weighted by Crippen LogP contribution is 2.32. The van der Waals surface area contributed by atoms with Crippen molar-refractivity contribution in [2.24, 2.45) is 11.8 Å².